The second-order valence-corrected chi connectivity index (χ2v) is 8.71. The number of ketones is 1. The number of ether oxygens (including phenoxy) is 1. The number of rotatable bonds is 3. The minimum atomic E-state index is -0.577. The van der Waals surface area contributed by atoms with Crippen molar-refractivity contribution in [2.75, 3.05) is 7.11 Å². The van der Waals surface area contributed by atoms with Crippen molar-refractivity contribution in [3.05, 3.63) is 80.6 Å². The van der Waals surface area contributed by atoms with Crippen LogP contribution in [0.15, 0.2) is 70.9 Å². The molecule has 2 aliphatic rings. The van der Waals surface area contributed by atoms with Crippen LogP contribution in [-0.4, -0.2) is 24.6 Å². The van der Waals surface area contributed by atoms with Crippen LogP contribution in [0.4, 0.5) is 0 Å². The Hall–Kier alpha value is -2.28. The van der Waals surface area contributed by atoms with Gasteiger partial charge in [-0.2, -0.15) is 0 Å². The lowest BCUT2D eigenvalue weighted by atomic mass is 9.69. The normalized spacial score (nSPS) is 24.0. The number of hydrogen-bond donors (Lipinski definition) is 0. The smallest absolute Gasteiger partial charge is 0.315 e. The number of carbonyl (C=O) groups is 2. The predicted molar refractivity (Wildman–Crippen MR) is 121 cm³/mol. The van der Waals surface area contributed by atoms with Gasteiger partial charge in [0.15, 0.2) is 5.78 Å². The average Bonchev–Trinajstić information content (AvgIpc) is 2.73. The van der Waals surface area contributed by atoms with Crippen molar-refractivity contribution in [2.45, 2.75) is 31.6 Å². The zero-order valence-corrected chi connectivity index (χ0v) is 18.5. The van der Waals surface area contributed by atoms with Crippen LogP contribution in [0.25, 0.3) is 0 Å². The molecule has 4 nitrogen and oxygen atoms in total. The van der Waals surface area contributed by atoms with E-state index in [1.165, 1.54) is 7.11 Å². The molecule has 29 heavy (non-hydrogen) atoms. The first-order chi connectivity index (χ1) is 14.0. The largest absolute Gasteiger partial charge is 0.468 e. The summed E-state index contributed by atoms with van der Waals surface area (Å²) in [4.78, 5) is 30.8. The minimum absolute atomic E-state index is 0.0786. The number of methoxy groups -OCH3 is 1. The quantitative estimate of drug-likeness (QED) is 0.440. The van der Waals surface area contributed by atoms with Gasteiger partial charge in [-0.3, -0.25) is 14.6 Å². The fourth-order valence-electron chi connectivity index (χ4n) is 4.52. The zero-order valence-electron chi connectivity index (χ0n) is 16.4. The monoisotopic (exact) mass is 499 g/mol. The number of nitrogens with zero attached hydrogens (tertiary/aromatic N) is 1. The van der Waals surface area contributed by atoms with E-state index in [0.717, 1.165) is 20.4 Å². The van der Waals surface area contributed by atoms with Gasteiger partial charge in [-0.15, -0.1) is 0 Å². The molecule has 0 bridgehead atoms. The maximum Gasteiger partial charge on any atom is 0.315 e. The van der Waals surface area contributed by atoms with E-state index >= 15 is 0 Å². The van der Waals surface area contributed by atoms with E-state index in [0.29, 0.717) is 24.1 Å². The molecule has 0 aromatic heterocycles. The molecule has 0 amide bonds. The van der Waals surface area contributed by atoms with E-state index < -0.39 is 5.92 Å². The molecule has 0 saturated carbocycles. The summed E-state index contributed by atoms with van der Waals surface area (Å²) in [7, 11) is 1.39. The maximum atomic E-state index is 13.4. The molecular formula is C24H22INO3. The lowest BCUT2D eigenvalue weighted by molar-refractivity contribution is -0.143. The summed E-state index contributed by atoms with van der Waals surface area (Å²) in [6, 6.07) is 18.0. The van der Waals surface area contributed by atoms with Crippen LogP contribution in [0.2, 0.25) is 0 Å². The summed E-state index contributed by atoms with van der Waals surface area (Å²) in [6.07, 6.45) is 1.14. The molecule has 4 rings (SSSR count). The van der Waals surface area contributed by atoms with E-state index in [1.54, 1.807) is 0 Å². The molecule has 1 heterocycles. The third kappa shape index (κ3) is 3.68. The third-order valence-corrected chi connectivity index (χ3v) is 6.84. The van der Waals surface area contributed by atoms with Crippen LogP contribution >= 0.6 is 22.6 Å². The fourth-order valence-corrected chi connectivity index (χ4v) is 5.24. The first-order valence-corrected chi connectivity index (χ1v) is 10.8. The number of allylic oxidation sites excluding steroid dienone is 2. The van der Waals surface area contributed by atoms with Crippen LogP contribution in [0.3, 0.4) is 0 Å². The molecule has 5 heteroatoms. The predicted octanol–water partition coefficient (Wildman–Crippen LogP) is 5.04. The van der Waals surface area contributed by atoms with E-state index in [1.807, 2.05) is 49.4 Å². The van der Waals surface area contributed by atoms with Crippen molar-refractivity contribution in [3.63, 3.8) is 0 Å². The number of aliphatic imine (C=N–C) groups is 1. The molecule has 1 unspecified atom stereocenters. The molecule has 3 atom stereocenters. The molecule has 1 aliphatic carbocycles. The van der Waals surface area contributed by atoms with E-state index in [4.69, 9.17) is 9.73 Å². The first-order valence-electron chi connectivity index (χ1n) is 9.70. The number of Topliss-reactive ketones (excluding diaryl/α,β-unsaturated/α-hetero) is 1. The standard InChI is InChI=1S/C24H22INO3/c1-14-21(24(28)29-2)22(17-10-6-7-11-18(17)25)23-19(26-14)12-16(13-20(23)27)15-8-4-3-5-9-15/h3-11,16,21-22H,12-13H2,1-2H3/t16-,21?,22+/m1/s1. The molecule has 148 valence electrons. The van der Waals surface area contributed by atoms with E-state index in [2.05, 4.69) is 34.7 Å². The molecule has 2 aromatic carbocycles. The maximum absolute atomic E-state index is 13.4. The van der Waals surface area contributed by atoms with Gasteiger partial charge < -0.3 is 4.74 Å². The summed E-state index contributed by atoms with van der Waals surface area (Å²) < 4.78 is 6.13. The number of benzene rings is 2. The number of carbonyl (C=O) groups excluding carboxylic acids is 2. The van der Waals surface area contributed by atoms with E-state index in [9.17, 15) is 9.59 Å². The highest BCUT2D eigenvalue weighted by molar-refractivity contribution is 14.1. The molecular weight excluding hydrogens is 477 g/mol. The Bertz CT molecular complexity index is 1030. The summed E-state index contributed by atoms with van der Waals surface area (Å²) in [5, 5.41) is 0. The van der Waals surface area contributed by atoms with Crippen molar-refractivity contribution in [1.82, 2.24) is 0 Å². The lowest BCUT2D eigenvalue weighted by Gasteiger charge is -2.36. The molecule has 0 saturated heterocycles. The van der Waals surface area contributed by atoms with Crippen molar-refractivity contribution in [3.8, 4) is 0 Å². The second-order valence-electron chi connectivity index (χ2n) is 7.55. The Balaban J connectivity index is 1.84. The Labute approximate surface area is 184 Å². The lowest BCUT2D eigenvalue weighted by Crippen LogP contribution is -2.38. The molecule has 0 fully saturated rings. The summed E-state index contributed by atoms with van der Waals surface area (Å²) in [6.45, 7) is 1.87. The minimum Gasteiger partial charge on any atom is -0.468 e. The fraction of sp³-hybridized carbons (Fsp3) is 0.292. The van der Waals surface area contributed by atoms with Crippen LogP contribution in [0.5, 0.6) is 0 Å². The van der Waals surface area contributed by atoms with Crippen LogP contribution < -0.4 is 0 Å². The van der Waals surface area contributed by atoms with Gasteiger partial charge in [-0.05, 0) is 59.0 Å². The zero-order chi connectivity index (χ0) is 20.5. The Morgan fingerprint density at radius 2 is 1.76 bits per heavy atom. The Morgan fingerprint density at radius 3 is 2.45 bits per heavy atom. The summed E-state index contributed by atoms with van der Waals surface area (Å²) >= 11 is 2.27. The second kappa shape index (κ2) is 8.22. The SMILES string of the molecule is COC(=O)C1C(C)=NC2=C(C(=O)C[C@H](c3ccccc3)C2)[C@H]1c1ccccc1I. The van der Waals surface area contributed by atoms with Crippen LogP contribution in [0.1, 0.15) is 42.7 Å². The molecule has 1 aliphatic heterocycles. The number of hydrogen-bond acceptors (Lipinski definition) is 4. The van der Waals surface area contributed by atoms with Gasteiger partial charge in [0, 0.05) is 32.9 Å². The highest BCUT2D eigenvalue weighted by atomic mass is 127. The molecule has 0 spiro atoms. The number of esters is 1. The third-order valence-electron chi connectivity index (χ3n) is 5.85. The molecule has 0 radical (unpaired) electrons. The van der Waals surface area contributed by atoms with Crippen molar-refractivity contribution < 1.29 is 14.3 Å². The number of halogens is 1. The van der Waals surface area contributed by atoms with Gasteiger partial charge in [0.2, 0.25) is 0 Å². The van der Waals surface area contributed by atoms with E-state index in [-0.39, 0.29) is 23.6 Å². The van der Waals surface area contributed by atoms with Gasteiger partial charge in [0.05, 0.1) is 7.11 Å². The van der Waals surface area contributed by atoms with Crippen molar-refractivity contribution in [2.24, 2.45) is 10.9 Å². The average molecular weight is 499 g/mol. The highest BCUT2D eigenvalue weighted by Crippen LogP contribution is 2.47. The summed E-state index contributed by atoms with van der Waals surface area (Å²) in [5.41, 5.74) is 4.35. The van der Waals surface area contributed by atoms with Crippen molar-refractivity contribution in [1.29, 1.82) is 0 Å². The van der Waals surface area contributed by atoms with Gasteiger partial charge in [0.1, 0.15) is 5.92 Å². The van der Waals surface area contributed by atoms with Gasteiger partial charge >= 0.3 is 5.97 Å². The van der Waals surface area contributed by atoms with Crippen molar-refractivity contribution >= 4 is 40.1 Å². The first kappa shape index (κ1) is 20.0. The molecule has 2 aromatic rings. The highest BCUT2D eigenvalue weighted by Gasteiger charge is 2.45. The topological polar surface area (TPSA) is 55.7 Å². The van der Waals surface area contributed by atoms with Crippen LogP contribution in [-0.2, 0) is 14.3 Å². The van der Waals surface area contributed by atoms with Gasteiger partial charge in [0.25, 0.3) is 0 Å². The summed E-state index contributed by atoms with van der Waals surface area (Å²) in [5.74, 6) is -1.08. The Morgan fingerprint density at radius 1 is 1.07 bits per heavy atom. The van der Waals surface area contributed by atoms with Gasteiger partial charge in [-0.1, -0.05) is 48.5 Å². The molecule has 0 N–H and O–H groups in total. The van der Waals surface area contributed by atoms with Crippen LogP contribution in [0, 0.1) is 9.49 Å². The van der Waals surface area contributed by atoms with Gasteiger partial charge in [-0.25, -0.2) is 0 Å². The Kier molecular flexibility index (Phi) is 5.67.